The second-order valence-electron chi connectivity index (χ2n) is 4.54. The number of hydrogen-bond acceptors (Lipinski definition) is 6. The van der Waals surface area contributed by atoms with Crippen LogP contribution in [0, 0.1) is 0 Å². The molecule has 2 aromatic carbocycles. The molecule has 0 spiro atoms. The molecule has 0 heterocycles. The third-order valence-electron chi connectivity index (χ3n) is 3.31. The van der Waals surface area contributed by atoms with Gasteiger partial charge in [-0.15, -0.1) is 0 Å². The normalized spacial score (nSPS) is 13.5. The minimum absolute atomic E-state index is 0.0770. The van der Waals surface area contributed by atoms with Gasteiger partial charge in [0.05, 0.1) is 12.7 Å². The number of carbonyl (C=O) groups is 2. The van der Waals surface area contributed by atoms with Crippen molar-refractivity contribution in [2.24, 2.45) is 0 Å². The molecule has 0 amide bonds. The monoisotopic (exact) mass is 318 g/mol. The highest BCUT2D eigenvalue weighted by Crippen LogP contribution is 2.33. The van der Waals surface area contributed by atoms with Crippen molar-refractivity contribution < 1.29 is 26.4 Å². The molecule has 0 aliphatic heterocycles. The van der Waals surface area contributed by atoms with Crippen LogP contribution in [0.1, 0.15) is 31.8 Å². The van der Waals surface area contributed by atoms with E-state index in [0.717, 1.165) is 7.11 Å². The fourth-order valence-electron chi connectivity index (χ4n) is 2.33. The lowest BCUT2D eigenvalue weighted by Crippen LogP contribution is -2.23. The summed E-state index contributed by atoms with van der Waals surface area (Å²) in [4.78, 5) is 25.0. The minimum Gasteiger partial charge on any atom is -0.361 e. The van der Waals surface area contributed by atoms with Crippen molar-refractivity contribution in [3.05, 3.63) is 64.7 Å². The van der Waals surface area contributed by atoms with Crippen LogP contribution in [0.15, 0.2) is 42.5 Å². The molecule has 0 fully saturated rings. The molecule has 2 aromatic rings. The summed E-state index contributed by atoms with van der Waals surface area (Å²) >= 11 is 0. The van der Waals surface area contributed by atoms with E-state index < -0.39 is 16.2 Å². The zero-order valence-electron chi connectivity index (χ0n) is 11.4. The molecule has 22 heavy (non-hydrogen) atoms. The maximum absolute atomic E-state index is 12.6. The van der Waals surface area contributed by atoms with Crippen LogP contribution in [-0.2, 0) is 14.6 Å². The van der Waals surface area contributed by atoms with Crippen molar-refractivity contribution >= 4 is 22.0 Å². The highest BCUT2D eigenvalue weighted by molar-refractivity contribution is 7.82. The number of fused-ring (bicyclic) bond motifs is 2. The topological polar surface area (TPSA) is 86.7 Å². The van der Waals surface area contributed by atoms with Gasteiger partial charge in [0.15, 0.2) is 17.3 Å². The Morgan fingerprint density at radius 2 is 1.41 bits per heavy atom. The van der Waals surface area contributed by atoms with Crippen molar-refractivity contribution in [2.45, 2.75) is 0 Å². The third kappa shape index (κ3) is 2.20. The van der Waals surface area contributed by atoms with Gasteiger partial charge in [0, 0.05) is 16.7 Å². The summed E-state index contributed by atoms with van der Waals surface area (Å²) in [6.45, 7) is 0. The van der Waals surface area contributed by atoms with E-state index in [1.165, 1.54) is 24.3 Å². The van der Waals surface area contributed by atoms with Crippen LogP contribution in [0.3, 0.4) is 0 Å². The molecule has 0 radical (unpaired) electrons. The number of hydrogen-bond donors (Lipinski definition) is 0. The van der Waals surface area contributed by atoms with E-state index in [4.69, 9.17) is 4.18 Å². The molecule has 0 saturated carbocycles. The van der Waals surface area contributed by atoms with Crippen molar-refractivity contribution in [3.63, 3.8) is 0 Å². The summed E-state index contributed by atoms with van der Waals surface area (Å²) in [5.74, 6) is -1.05. The van der Waals surface area contributed by atoms with Gasteiger partial charge in [0.2, 0.25) is 0 Å². The highest BCUT2D eigenvalue weighted by atomic mass is 32.3. The number of ketones is 2. The van der Waals surface area contributed by atoms with E-state index in [1.54, 1.807) is 18.2 Å². The van der Waals surface area contributed by atoms with Gasteiger partial charge in [-0.3, -0.25) is 9.59 Å². The summed E-state index contributed by atoms with van der Waals surface area (Å²) in [6.07, 6.45) is 0. The van der Waals surface area contributed by atoms with Gasteiger partial charge in [-0.25, -0.2) is 4.18 Å². The summed E-state index contributed by atoms with van der Waals surface area (Å²) in [7, 11) is -3.35. The van der Waals surface area contributed by atoms with E-state index in [0.29, 0.717) is 0 Å². The maximum Gasteiger partial charge on any atom is 0.448 e. The van der Waals surface area contributed by atoms with E-state index in [1.807, 2.05) is 0 Å². The molecular weight excluding hydrogens is 308 g/mol. The standard InChI is InChI=1S/C15H10O6S/c1-20-22(18,19)21-12-8-4-7-11-13(12)15(17)10-6-3-2-5-9(10)14(11)16/h2-8H,1H3. The molecule has 0 unspecified atom stereocenters. The Labute approximate surface area is 126 Å². The van der Waals surface area contributed by atoms with Crippen LogP contribution >= 0.6 is 0 Å². The third-order valence-corrected chi connectivity index (χ3v) is 4.10. The van der Waals surface area contributed by atoms with Gasteiger partial charge in [0.25, 0.3) is 0 Å². The Morgan fingerprint density at radius 1 is 0.818 bits per heavy atom. The Hall–Kier alpha value is -2.51. The molecule has 0 N–H and O–H groups in total. The van der Waals surface area contributed by atoms with Gasteiger partial charge < -0.3 is 4.18 Å². The van der Waals surface area contributed by atoms with Gasteiger partial charge in [-0.1, -0.05) is 36.4 Å². The first-order chi connectivity index (χ1) is 10.4. The summed E-state index contributed by atoms with van der Waals surface area (Å²) < 4.78 is 31.9. The molecule has 112 valence electrons. The van der Waals surface area contributed by atoms with Crippen molar-refractivity contribution in [1.82, 2.24) is 0 Å². The summed E-state index contributed by atoms with van der Waals surface area (Å²) in [5, 5.41) is 0. The zero-order valence-corrected chi connectivity index (χ0v) is 12.2. The van der Waals surface area contributed by atoms with Gasteiger partial charge >= 0.3 is 10.4 Å². The molecule has 1 aliphatic rings. The highest BCUT2D eigenvalue weighted by Gasteiger charge is 2.33. The molecule has 0 atom stereocenters. The molecule has 1 aliphatic carbocycles. The quantitative estimate of drug-likeness (QED) is 0.731. The number of carbonyl (C=O) groups excluding carboxylic acids is 2. The van der Waals surface area contributed by atoms with Gasteiger partial charge in [0.1, 0.15) is 0 Å². The lowest BCUT2D eigenvalue weighted by atomic mass is 9.84. The molecular formula is C15H10O6S. The minimum atomic E-state index is -4.29. The average molecular weight is 318 g/mol. The Morgan fingerprint density at radius 3 is 2.05 bits per heavy atom. The van der Waals surface area contributed by atoms with Crippen molar-refractivity contribution in [1.29, 1.82) is 0 Å². The Bertz CT molecular complexity index is 898. The SMILES string of the molecule is COS(=O)(=O)Oc1cccc2c1C(=O)c1ccccc1C2=O. The first kappa shape index (κ1) is 14.4. The van der Waals surface area contributed by atoms with E-state index >= 15 is 0 Å². The van der Waals surface area contributed by atoms with Crippen LogP contribution in [0.4, 0.5) is 0 Å². The lowest BCUT2D eigenvalue weighted by molar-refractivity contribution is 0.0977. The summed E-state index contributed by atoms with van der Waals surface area (Å²) in [5.41, 5.74) is 0.525. The van der Waals surface area contributed by atoms with Crippen molar-refractivity contribution in [3.8, 4) is 5.75 Å². The van der Waals surface area contributed by atoms with Gasteiger partial charge in [-0.05, 0) is 6.07 Å². The predicted molar refractivity (Wildman–Crippen MR) is 76.3 cm³/mol. The Balaban J connectivity index is 2.21. The van der Waals surface area contributed by atoms with Crippen molar-refractivity contribution in [2.75, 3.05) is 7.11 Å². The maximum atomic E-state index is 12.6. The first-order valence-electron chi connectivity index (χ1n) is 6.26. The molecule has 0 bridgehead atoms. The fraction of sp³-hybridized carbons (Fsp3) is 0.0667. The average Bonchev–Trinajstić information content (AvgIpc) is 2.52. The molecule has 3 rings (SSSR count). The molecule has 0 saturated heterocycles. The van der Waals surface area contributed by atoms with Crippen LogP contribution < -0.4 is 4.18 Å². The molecule has 0 aromatic heterocycles. The number of benzene rings is 2. The summed E-state index contributed by atoms with van der Waals surface area (Å²) in [6, 6.07) is 10.6. The van der Waals surface area contributed by atoms with E-state index in [-0.39, 0.29) is 33.8 Å². The second-order valence-corrected chi connectivity index (χ2v) is 5.86. The van der Waals surface area contributed by atoms with Crippen LogP contribution in [0.2, 0.25) is 0 Å². The molecule has 6 nitrogen and oxygen atoms in total. The zero-order chi connectivity index (χ0) is 15.9. The number of rotatable bonds is 3. The van der Waals surface area contributed by atoms with E-state index in [2.05, 4.69) is 4.18 Å². The molecule has 7 heteroatoms. The van der Waals surface area contributed by atoms with E-state index in [9.17, 15) is 18.0 Å². The van der Waals surface area contributed by atoms with Crippen LogP contribution in [0.25, 0.3) is 0 Å². The Kier molecular flexibility index (Phi) is 3.31. The van der Waals surface area contributed by atoms with Crippen LogP contribution in [0.5, 0.6) is 5.75 Å². The smallest absolute Gasteiger partial charge is 0.361 e. The second kappa shape index (κ2) is 5.04. The first-order valence-corrected chi connectivity index (χ1v) is 7.59. The lowest BCUT2D eigenvalue weighted by Gasteiger charge is -2.19. The largest absolute Gasteiger partial charge is 0.448 e. The van der Waals surface area contributed by atoms with Gasteiger partial charge in [-0.2, -0.15) is 8.42 Å². The predicted octanol–water partition coefficient (Wildman–Crippen LogP) is 1.73. The fourth-order valence-corrected chi connectivity index (χ4v) is 2.75. The van der Waals surface area contributed by atoms with Crippen LogP contribution in [-0.4, -0.2) is 27.1 Å².